The highest BCUT2D eigenvalue weighted by molar-refractivity contribution is 6.31. The van der Waals surface area contributed by atoms with Crippen molar-refractivity contribution in [2.75, 3.05) is 25.0 Å². The Labute approximate surface area is 120 Å². The molecule has 4 N–H and O–H groups in total. The molecule has 0 bridgehead atoms. The van der Waals surface area contributed by atoms with Gasteiger partial charge in [-0.25, -0.2) is 4.79 Å². The van der Waals surface area contributed by atoms with Crippen LogP contribution in [0, 0.1) is 0 Å². The first-order valence-corrected chi connectivity index (χ1v) is 6.28. The van der Waals surface area contributed by atoms with Crippen molar-refractivity contribution in [1.82, 2.24) is 10.2 Å². The molecule has 8 heteroatoms. The van der Waals surface area contributed by atoms with Gasteiger partial charge in [0, 0.05) is 23.8 Å². The van der Waals surface area contributed by atoms with Crippen LogP contribution in [0.5, 0.6) is 0 Å². The van der Waals surface area contributed by atoms with Crippen molar-refractivity contribution in [3.8, 4) is 0 Å². The zero-order valence-electron chi connectivity index (χ0n) is 10.5. The van der Waals surface area contributed by atoms with E-state index < -0.39 is 11.9 Å². The Morgan fingerprint density at radius 2 is 2.20 bits per heavy atom. The summed E-state index contributed by atoms with van der Waals surface area (Å²) in [7, 11) is 0. The zero-order valence-corrected chi connectivity index (χ0v) is 11.2. The number of carbonyl (C=O) groups is 3. The number of nitrogens with one attached hydrogen (secondary N) is 2. The van der Waals surface area contributed by atoms with E-state index in [0.29, 0.717) is 23.8 Å². The SMILES string of the molecule is NC(=O)c1cc(Cl)ccc1NCC(=O)N1CCNC1=O. The van der Waals surface area contributed by atoms with Crippen molar-refractivity contribution >= 4 is 35.1 Å². The number of rotatable bonds is 4. The van der Waals surface area contributed by atoms with Gasteiger partial charge in [0.2, 0.25) is 5.91 Å². The van der Waals surface area contributed by atoms with Crippen LogP contribution in [0.2, 0.25) is 5.02 Å². The van der Waals surface area contributed by atoms with E-state index in [9.17, 15) is 14.4 Å². The first kappa shape index (κ1) is 14.1. The molecular formula is C12H13ClN4O3. The monoisotopic (exact) mass is 296 g/mol. The first-order valence-electron chi connectivity index (χ1n) is 5.90. The maximum Gasteiger partial charge on any atom is 0.324 e. The highest BCUT2D eigenvalue weighted by Gasteiger charge is 2.25. The van der Waals surface area contributed by atoms with Gasteiger partial charge in [0.15, 0.2) is 0 Å². The van der Waals surface area contributed by atoms with Crippen LogP contribution < -0.4 is 16.4 Å². The molecule has 0 radical (unpaired) electrons. The summed E-state index contributed by atoms with van der Waals surface area (Å²) in [5.74, 6) is -1.04. The van der Waals surface area contributed by atoms with Crippen LogP contribution in [0.1, 0.15) is 10.4 Å². The number of nitrogens with two attached hydrogens (primary N) is 1. The molecule has 1 aromatic rings. The second kappa shape index (κ2) is 5.79. The number of carbonyl (C=O) groups excluding carboxylic acids is 3. The smallest absolute Gasteiger partial charge is 0.324 e. The lowest BCUT2D eigenvalue weighted by atomic mass is 10.1. The average Bonchev–Trinajstić information content (AvgIpc) is 2.83. The number of primary amides is 1. The fourth-order valence-electron chi connectivity index (χ4n) is 1.85. The number of urea groups is 1. The summed E-state index contributed by atoms with van der Waals surface area (Å²) in [5.41, 5.74) is 5.83. The van der Waals surface area contributed by atoms with Gasteiger partial charge in [-0.15, -0.1) is 0 Å². The van der Waals surface area contributed by atoms with E-state index in [1.807, 2.05) is 0 Å². The van der Waals surface area contributed by atoms with E-state index in [-0.39, 0.29) is 18.0 Å². The van der Waals surface area contributed by atoms with E-state index in [2.05, 4.69) is 10.6 Å². The molecule has 0 unspecified atom stereocenters. The van der Waals surface area contributed by atoms with Crippen LogP contribution in [0.15, 0.2) is 18.2 Å². The van der Waals surface area contributed by atoms with Gasteiger partial charge in [-0.2, -0.15) is 0 Å². The third-order valence-electron chi connectivity index (χ3n) is 2.83. The molecule has 0 atom stereocenters. The maximum atomic E-state index is 11.8. The largest absolute Gasteiger partial charge is 0.375 e. The quantitative estimate of drug-likeness (QED) is 0.748. The van der Waals surface area contributed by atoms with Gasteiger partial charge in [-0.1, -0.05) is 11.6 Å². The lowest BCUT2D eigenvalue weighted by molar-refractivity contribution is -0.125. The van der Waals surface area contributed by atoms with E-state index >= 15 is 0 Å². The minimum Gasteiger partial charge on any atom is -0.375 e. The normalized spacial score (nSPS) is 14.1. The van der Waals surface area contributed by atoms with E-state index in [0.717, 1.165) is 4.90 Å². The fourth-order valence-corrected chi connectivity index (χ4v) is 2.02. The molecule has 7 nitrogen and oxygen atoms in total. The Hall–Kier alpha value is -2.28. The predicted octanol–water partition coefficient (Wildman–Crippen LogP) is 0.403. The molecule has 20 heavy (non-hydrogen) atoms. The van der Waals surface area contributed by atoms with E-state index in [1.165, 1.54) is 6.07 Å². The number of imide groups is 1. The lowest BCUT2D eigenvalue weighted by Crippen LogP contribution is -2.38. The third-order valence-corrected chi connectivity index (χ3v) is 3.07. The molecule has 0 aromatic heterocycles. The van der Waals surface area contributed by atoms with Gasteiger partial charge in [0.05, 0.1) is 12.1 Å². The van der Waals surface area contributed by atoms with Gasteiger partial charge in [0.1, 0.15) is 0 Å². The Kier molecular flexibility index (Phi) is 4.09. The van der Waals surface area contributed by atoms with Gasteiger partial charge >= 0.3 is 6.03 Å². The Morgan fingerprint density at radius 1 is 1.45 bits per heavy atom. The van der Waals surface area contributed by atoms with Crippen molar-refractivity contribution in [2.24, 2.45) is 5.73 Å². The molecule has 1 aliphatic heterocycles. The predicted molar refractivity (Wildman–Crippen MR) is 73.6 cm³/mol. The van der Waals surface area contributed by atoms with Gasteiger partial charge < -0.3 is 16.4 Å². The zero-order chi connectivity index (χ0) is 14.7. The number of hydrogen-bond donors (Lipinski definition) is 3. The fraction of sp³-hybridized carbons (Fsp3) is 0.250. The summed E-state index contributed by atoms with van der Waals surface area (Å²) in [5, 5.41) is 5.69. The number of hydrogen-bond acceptors (Lipinski definition) is 4. The second-order valence-electron chi connectivity index (χ2n) is 4.19. The number of benzene rings is 1. The minimum absolute atomic E-state index is 0.116. The maximum absolute atomic E-state index is 11.8. The number of halogens is 1. The number of nitrogens with zero attached hydrogens (tertiary/aromatic N) is 1. The summed E-state index contributed by atoms with van der Waals surface area (Å²) in [4.78, 5) is 35.6. The van der Waals surface area contributed by atoms with Crippen LogP contribution >= 0.6 is 11.6 Å². The molecule has 1 aromatic carbocycles. The summed E-state index contributed by atoms with van der Waals surface area (Å²) in [6, 6.07) is 4.13. The molecule has 0 aliphatic carbocycles. The van der Waals surface area contributed by atoms with Crippen molar-refractivity contribution < 1.29 is 14.4 Å². The summed E-state index contributed by atoms with van der Waals surface area (Å²) in [6.45, 7) is 0.663. The summed E-state index contributed by atoms with van der Waals surface area (Å²) >= 11 is 5.78. The van der Waals surface area contributed by atoms with Crippen molar-refractivity contribution in [2.45, 2.75) is 0 Å². The van der Waals surface area contributed by atoms with Crippen molar-refractivity contribution in [3.05, 3.63) is 28.8 Å². The van der Waals surface area contributed by atoms with Gasteiger partial charge in [0.25, 0.3) is 5.91 Å². The van der Waals surface area contributed by atoms with Crippen LogP contribution in [0.3, 0.4) is 0 Å². The average molecular weight is 297 g/mol. The molecule has 1 aliphatic rings. The van der Waals surface area contributed by atoms with Crippen molar-refractivity contribution in [3.63, 3.8) is 0 Å². The van der Waals surface area contributed by atoms with Crippen molar-refractivity contribution in [1.29, 1.82) is 0 Å². The topological polar surface area (TPSA) is 105 Å². The highest BCUT2D eigenvalue weighted by atomic mass is 35.5. The summed E-state index contributed by atoms with van der Waals surface area (Å²) in [6.07, 6.45) is 0. The molecule has 2 rings (SSSR count). The molecule has 1 fully saturated rings. The molecule has 1 heterocycles. The highest BCUT2D eigenvalue weighted by Crippen LogP contribution is 2.20. The lowest BCUT2D eigenvalue weighted by Gasteiger charge is -2.14. The Bertz CT molecular complexity index is 576. The first-order chi connectivity index (χ1) is 9.49. The Morgan fingerprint density at radius 3 is 2.80 bits per heavy atom. The molecule has 1 saturated heterocycles. The van der Waals surface area contributed by atoms with E-state index in [1.54, 1.807) is 12.1 Å². The second-order valence-corrected chi connectivity index (χ2v) is 4.62. The Balaban J connectivity index is 2.05. The van der Waals surface area contributed by atoms with Gasteiger partial charge in [-0.05, 0) is 18.2 Å². The van der Waals surface area contributed by atoms with Crippen LogP contribution in [0.4, 0.5) is 10.5 Å². The molecule has 106 valence electrons. The minimum atomic E-state index is -0.652. The number of amides is 4. The summed E-state index contributed by atoms with van der Waals surface area (Å²) < 4.78 is 0. The molecule has 4 amide bonds. The molecule has 0 spiro atoms. The van der Waals surface area contributed by atoms with Crippen LogP contribution in [-0.4, -0.2) is 42.4 Å². The molecule has 0 saturated carbocycles. The standard InChI is InChI=1S/C12H13ClN4O3/c13-7-1-2-9(8(5-7)11(14)19)16-6-10(18)17-4-3-15-12(17)20/h1-2,5,16H,3-4,6H2,(H2,14,19)(H,15,20). The van der Waals surface area contributed by atoms with Crippen LogP contribution in [0.25, 0.3) is 0 Å². The number of anilines is 1. The van der Waals surface area contributed by atoms with Gasteiger partial charge in [-0.3, -0.25) is 14.5 Å². The van der Waals surface area contributed by atoms with Crippen LogP contribution in [-0.2, 0) is 4.79 Å². The molecular weight excluding hydrogens is 284 g/mol. The third kappa shape index (κ3) is 3.00. The van der Waals surface area contributed by atoms with E-state index in [4.69, 9.17) is 17.3 Å².